The van der Waals surface area contributed by atoms with Crippen LogP contribution in [0.25, 0.3) is 0 Å². The Morgan fingerprint density at radius 2 is 1.52 bits per heavy atom. The first-order chi connectivity index (χ1) is 21.0. The summed E-state index contributed by atoms with van der Waals surface area (Å²) in [5, 5.41) is 2.85. The Hall–Kier alpha value is -3.92. The van der Waals surface area contributed by atoms with Crippen LogP contribution in [0.2, 0.25) is 10.0 Å². The number of aryl methyl sites for hydroxylation is 1. The third-order valence-corrected chi connectivity index (χ3v) is 9.56. The summed E-state index contributed by atoms with van der Waals surface area (Å²) in [6.07, 6.45) is 0.155. The number of amides is 2. The van der Waals surface area contributed by atoms with E-state index in [1.165, 1.54) is 59.5 Å². The van der Waals surface area contributed by atoms with Gasteiger partial charge in [-0.2, -0.15) is 0 Å². The third kappa shape index (κ3) is 7.96. The van der Waals surface area contributed by atoms with Crippen LogP contribution in [-0.2, 0) is 32.6 Å². The summed E-state index contributed by atoms with van der Waals surface area (Å²) < 4.78 is 42.9. The van der Waals surface area contributed by atoms with E-state index in [2.05, 4.69) is 5.32 Å². The lowest BCUT2D eigenvalue weighted by Gasteiger charge is -2.34. The molecule has 4 aromatic carbocycles. The van der Waals surface area contributed by atoms with E-state index >= 15 is 0 Å². The van der Waals surface area contributed by atoms with Crippen molar-refractivity contribution in [3.63, 3.8) is 0 Å². The first-order valence-electron chi connectivity index (χ1n) is 13.9. The highest BCUT2D eigenvalue weighted by Crippen LogP contribution is 2.35. The number of rotatable bonds is 12. The number of nitrogens with one attached hydrogen (secondary N) is 1. The van der Waals surface area contributed by atoms with Crippen LogP contribution >= 0.6 is 23.2 Å². The number of hydrogen-bond donors (Lipinski definition) is 1. The van der Waals surface area contributed by atoms with Gasteiger partial charge in [0.05, 0.1) is 20.6 Å². The normalized spacial score (nSPS) is 11.9. The molecule has 230 valence electrons. The van der Waals surface area contributed by atoms with Gasteiger partial charge in [0.15, 0.2) is 0 Å². The van der Waals surface area contributed by atoms with E-state index in [1.54, 1.807) is 19.1 Å². The number of likely N-dealkylation sites (N-methyl/N-ethyl adjacent to an activating group) is 1. The Balaban J connectivity index is 1.82. The van der Waals surface area contributed by atoms with Gasteiger partial charge in [-0.15, -0.1) is 0 Å². The minimum atomic E-state index is -4.34. The first kappa shape index (κ1) is 33.0. The van der Waals surface area contributed by atoms with Gasteiger partial charge in [0, 0.05) is 19.5 Å². The van der Waals surface area contributed by atoms with Crippen molar-refractivity contribution in [2.75, 3.05) is 17.4 Å². The predicted octanol–water partition coefficient (Wildman–Crippen LogP) is 6.41. The molecule has 0 saturated heterocycles. The van der Waals surface area contributed by atoms with Crippen LogP contribution in [0.1, 0.15) is 23.6 Å². The maximum atomic E-state index is 14.4. The summed E-state index contributed by atoms with van der Waals surface area (Å²) in [5.41, 5.74) is 2.20. The van der Waals surface area contributed by atoms with Crippen LogP contribution in [0.5, 0.6) is 0 Å². The van der Waals surface area contributed by atoms with E-state index in [4.69, 9.17) is 23.2 Å². The SMILES string of the molecule is CCNC(=O)C(Cc1ccccc1)N(Cc1ccc(F)cc1)C(=O)CN(c1cccc(Cl)c1Cl)S(=O)(=O)c1ccc(C)cc1. The van der Waals surface area contributed by atoms with Crippen LogP contribution < -0.4 is 9.62 Å². The highest BCUT2D eigenvalue weighted by Gasteiger charge is 2.35. The first-order valence-corrected chi connectivity index (χ1v) is 16.1. The number of carbonyl (C=O) groups excluding carboxylic acids is 2. The topological polar surface area (TPSA) is 86.8 Å². The Labute approximate surface area is 267 Å². The van der Waals surface area contributed by atoms with E-state index in [9.17, 15) is 22.4 Å². The summed E-state index contributed by atoms with van der Waals surface area (Å²) >= 11 is 12.8. The summed E-state index contributed by atoms with van der Waals surface area (Å²) in [6.45, 7) is 3.13. The number of anilines is 1. The zero-order chi connectivity index (χ0) is 31.9. The molecule has 4 rings (SSSR count). The highest BCUT2D eigenvalue weighted by molar-refractivity contribution is 7.92. The molecule has 4 aromatic rings. The molecule has 1 unspecified atom stereocenters. The van der Waals surface area contributed by atoms with Crippen molar-refractivity contribution in [3.8, 4) is 0 Å². The highest BCUT2D eigenvalue weighted by atomic mass is 35.5. The van der Waals surface area contributed by atoms with Crippen LogP contribution in [0.4, 0.5) is 10.1 Å². The second kappa shape index (κ2) is 14.7. The molecule has 0 spiro atoms. The summed E-state index contributed by atoms with van der Waals surface area (Å²) in [5.74, 6) is -1.55. The lowest BCUT2D eigenvalue weighted by molar-refractivity contribution is -0.140. The quantitative estimate of drug-likeness (QED) is 0.191. The Morgan fingerprint density at radius 3 is 2.16 bits per heavy atom. The standard InChI is InChI=1S/C33H32Cl2FN3O4S/c1-3-37-33(41)30(20-24-8-5-4-6-9-24)38(21-25-14-16-26(36)17-15-25)31(40)22-39(29-11-7-10-28(34)32(29)35)44(42,43)27-18-12-23(2)13-19-27/h4-19,30H,3,20-22H2,1-2H3,(H,37,41). The van der Waals surface area contributed by atoms with Crippen LogP contribution in [0.15, 0.2) is 102 Å². The number of nitrogens with zero attached hydrogens (tertiary/aromatic N) is 2. The molecule has 1 N–H and O–H groups in total. The molecule has 0 aliphatic carbocycles. The number of benzene rings is 4. The van der Waals surface area contributed by atoms with E-state index in [0.29, 0.717) is 12.1 Å². The molecule has 0 aliphatic heterocycles. The van der Waals surface area contributed by atoms with Gasteiger partial charge in [0.25, 0.3) is 10.0 Å². The van der Waals surface area contributed by atoms with Gasteiger partial charge < -0.3 is 10.2 Å². The van der Waals surface area contributed by atoms with Gasteiger partial charge in [-0.3, -0.25) is 13.9 Å². The number of hydrogen-bond acceptors (Lipinski definition) is 4. The Bertz CT molecular complexity index is 1700. The molecule has 0 saturated carbocycles. The minimum Gasteiger partial charge on any atom is -0.355 e. The molecule has 11 heteroatoms. The van der Waals surface area contributed by atoms with E-state index in [1.807, 2.05) is 37.3 Å². The van der Waals surface area contributed by atoms with Crippen molar-refractivity contribution in [3.05, 3.63) is 130 Å². The van der Waals surface area contributed by atoms with E-state index in [0.717, 1.165) is 15.4 Å². The van der Waals surface area contributed by atoms with Crippen molar-refractivity contribution >= 4 is 50.7 Å². The molecule has 0 aromatic heterocycles. The summed E-state index contributed by atoms with van der Waals surface area (Å²) in [6, 6.07) is 24.4. The van der Waals surface area contributed by atoms with Crippen LogP contribution in [0, 0.1) is 12.7 Å². The molecule has 0 bridgehead atoms. The lowest BCUT2D eigenvalue weighted by Crippen LogP contribution is -2.53. The number of carbonyl (C=O) groups is 2. The second-order valence-electron chi connectivity index (χ2n) is 10.1. The molecule has 44 heavy (non-hydrogen) atoms. The molecule has 0 fully saturated rings. The summed E-state index contributed by atoms with van der Waals surface area (Å²) in [4.78, 5) is 29.1. The van der Waals surface area contributed by atoms with Crippen LogP contribution in [-0.4, -0.2) is 44.3 Å². The average Bonchev–Trinajstić information content (AvgIpc) is 3.01. The van der Waals surface area contributed by atoms with Crippen molar-refractivity contribution < 1.29 is 22.4 Å². The van der Waals surface area contributed by atoms with E-state index in [-0.39, 0.29) is 33.6 Å². The smallest absolute Gasteiger partial charge is 0.264 e. The average molecular weight is 657 g/mol. The van der Waals surface area contributed by atoms with Gasteiger partial charge in [0.1, 0.15) is 18.4 Å². The van der Waals surface area contributed by atoms with Crippen molar-refractivity contribution in [1.82, 2.24) is 10.2 Å². The fraction of sp³-hybridized carbons (Fsp3) is 0.212. The maximum absolute atomic E-state index is 14.4. The van der Waals surface area contributed by atoms with Gasteiger partial charge in [-0.25, -0.2) is 12.8 Å². The van der Waals surface area contributed by atoms with Crippen LogP contribution in [0.3, 0.4) is 0 Å². The molecule has 0 aliphatic rings. The molecule has 7 nitrogen and oxygen atoms in total. The fourth-order valence-corrected chi connectivity index (χ4v) is 6.54. The number of halogens is 3. The monoisotopic (exact) mass is 655 g/mol. The molecule has 1 atom stereocenters. The van der Waals surface area contributed by atoms with Crippen molar-refractivity contribution in [2.45, 2.75) is 37.8 Å². The molecule has 0 heterocycles. The Kier molecular flexibility index (Phi) is 11.0. The lowest BCUT2D eigenvalue weighted by atomic mass is 10.0. The minimum absolute atomic E-state index is 0.00689. The summed E-state index contributed by atoms with van der Waals surface area (Å²) in [7, 11) is -4.34. The van der Waals surface area contributed by atoms with Crippen molar-refractivity contribution in [1.29, 1.82) is 0 Å². The third-order valence-electron chi connectivity index (χ3n) is 6.98. The van der Waals surface area contributed by atoms with Gasteiger partial charge in [-0.05, 0) is 61.4 Å². The Morgan fingerprint density at radius 1 is 0.864 bits per heavy atom. The molecular weight excluding hydrogens is 624 g/mol. The zero-order valence-electron chi connectivity index (χ0n) is 24.2. The maximum Gasteiger partial charge on any atom is 0.264 e. The van der Waals surface area contributed by atoms with Gasteiger partial charge >= 0.3 is 0 Å². The van der Waals surface area contributed by atoms with Gasteiger partial charge in [-0.1, -0.05) is 89.4 Å². The molecule has 2 amide bonds. The largest absolute Gasteiger partial charge is 0.355 e. The number of sulfonamides is 1. The van der Waals surface area contributed by atoms with Crippen molar-refractivity contribution in [2.24, 2.45) is 0 Å². The zero-order valence-corrected chi connectivity index (χ0v) is 26.5. The van der Waals surface area contributed by atoms with E-state index < -0.39 is 40.2 Å². The second-order valence-corrected chi connectivity index (χ2v) is 12.8. The molecule has 0 radical (unpaired) electrons. The predicted molar refractivity (Wildman–Crippen MR) is 172 cm³/mol. The fourth-order valence-electron chi connectivity index (χ4n) is 4.67. The molecular formula is C33H32Cl2FN3O4S. The van der Waals surface area contributed by atoms with Gasteiger partial charge in [0.2, 0.25) is 11.8 Å².